The van der Waals surface area contributed by atoms with Gasteiger partial charge in [0, 0.05) is 18.5 Å². The SMILES string of the molecule is C/C=C/CN1CCCC1CCl. The van der Waals surface area contributed by atoms with Gasteiger partial charge in [0.25, 0.3) is 0 Å². The van der Waals surface area contributed by atoms with Gasteiger partial charge in [-0.3, -0.25) is 4.90 Å². The van der Waals surface area contributed by atoms with Crippen LogP contribution in [0.25, 0.3) is 0 Å². The van der Waals surface area contributed by atoms with Gasteiger partial charge in [0.05, 0.1) is 0 Å². The lowest BCUT2D eigenvalue weighted by molar-refractivity contribution is 0.301. The number of alkyl halides is 1. The maximum Gasteiger partial charge on any atom is 0.0379 e. The molecule has 11 heavy (non-hydrogen) atoms. The highest BCUT2D eigenvalue weighted by atomic mass is 35.5. The largest absolute Gasteiger partial charge is 0.296 e. The standard InChI is InChI=1S/C9H16ClN/c1-2-3-6-11-7-4-5-9(11)8-10/h2-3,9H,4-8H2,1H3/b3-2+. The number of likely N-dealkylation sites (tertiary alicyclic amines) is 1. The predicted octanol–water partition coefficient (Wildman–Crippen LogP) is 2.27. The first-order valence-corrected chi connectivity index (χ1v) is 4.83. The molecule has 0 spiro atoms. The van der Waals surface area contributed by atoms with E-state index in [2.05, 4.69) is 24.0 Å². The maximum atomic E-state index is 5.82. The van der Waals surface area contributed by atoms with E-state index < -0.39 is 0 Å². The molecule has 1 saturated heterocycles. The van der Waals surface area contributed by atoms with Crippen molar-refractivity contribution in [3.63, 3.8) is 0 Å². The van der Waals surface area contributed by atoms with Crippen molar-refractivity contribution >= 4 is 11.6 Å². The first-order chi connectivity index (χ1) is 5.38. The van der Waals surface area contributed by atoms with Gasteiger partial charge < -0.3 is 0 Å². The molecule has 1 rings (SSSR count). The number of hydrogen-bond donors (Lipinski definition) is 0. The van der Waals surface area contributed by atoms with Crippen LogP contribution in [0.15, 0.2) is 12.2 Å². The summed E-state index contributed by atoms with van der Waals surface area (Å²) in [5.41, 5.74) is 0. The third-order valence-electron chi connectivity index (χ3n) is 2.25. The van der Waals surface area contributed by atoms with Crippen LogP contribution < -0.4 is 0 Å². The summed E-state index contributed by atoms with van der Waals surface area (Å²) in [6.45, 7) is 4.36. The normalized spacial score (nSPS) is 26.9. The molecule has 0 bridgehead atoms. The third-order valence-corrected chi connectivity index (χ3v) is 2.61. The first-order valence-electron chi connectivity index (χ1n) is 4.29. The molecule has 0 aromatic carbocycles. The molecule has 1 heterocycles. The molecule has 1 fully saturated rings. The molecule has 0 aromatic rings. The van der Waals surface area contributed by atoms with E-state index in [1.165, 1.54) is 19.4 Å². The van der Waals surface area contributed by atoms with Crippen LogP contribution in [0, 0.1) is 0 Å². The minimum atomic E-state index is 0.632. The van der Waals surface area contributed by atoms with E-state index >= 15 is 0 Å². The van der Waals surface area contributed by atoms with Gasteiger partial charge in [-0.15, -0.1) is 11.6 Å². The van der Waals surface area contributed by atoms with Crippen molar-refractivity contribution in [2.24, 2.45) is 0 Å². The zero-order chi connectivity index (χ0) is 8.10. The fourth-order valence-electron chi connectivity index (χ4n) is 1.55. The molecule has 0 radical (unpaired) electrons. The average molecular weight is 174 g/mol. The van der Waals surface area contributed by atoms with Gasteiger partial charge >= 0.3 is 0 Å². The van der Waals surface area contributed by atoms with Gasteiger partial charge in [-0.25, -0.2) is 0 Å². The highest BCUT2D eigenvalue weighted by Gasteiger charge is 2.21. The number of halogens is 1. The minimum absolute atomic E-state index is 0.632. The van der Waals surface area contributed by atoms with Gasteiger partial charge in [-0.2, -0.15) is 0 Å². The molecule has 1 nitrogen and oxygen atoms in total. The summed E-state index contributed by atoms with van der Waals surface area (Å²) in [4.78, 5) is 2.45. The Balaban J connectivity index is 2.31. The van der Waals surface area contributed by atoms with Crippen molar-refractivity contribution in [2.75, 3.05) is 19.0 Å². The van der Waals surface area contributed by atoms with E-state index in [9.17, 15) is 0 Å². The van der Waals surface area contributed by atoms with E-state index in [4.69, 9.17) is 11.6 Å². The molecule has 1 aliphatic rings. The van der Waals surface area contributed by atoms with E-state index in [0.29, 0.717) is 6.04 Å². The lowest BCUT2D eigenvalue weighted by atomic mass is 10.2. The summed E-state index contributed by atoms with van der Waals surface area (Å²) in [7, 11) is 0. The maximum absolute atomic E-state index is 5.82. The van der Waals surface area contributed by atoms with Crippen LogP contribution >= 0.6 is 11.6 Å². The zero-order valence-corrected chi connectivity index (χ0v) is 7.85. The summed E-state index contributed by atoms with van der Waals surface area (Å²) < 4.78 is 0. The molecule has 0 amide bonds. The second-order valence-corrected chi connectivity index (χ2v) is 3.32. The molecule has 64 valence electrons. The molecule has 1 atom stereocenters. The van der Waals surface area contributed by atoms with Crippen LogP contribution in [0.2, 0.25) is 0 Å². The van der Waals surface area contributed by atoms with Gasteiger partial charge in [0.15, 0.2) is 0 Å². The number of nitrogens with zero attached hydrogens (tertiary/aromatic N) is 1. The van der Waals surface area contributed by atoms with Crippen LogP contribution in [0.4, 0.5) is 0 Å². The van der Waals surface area contributed by atoms with Crippen molar-refractivity contribution in [1.82, 2.24) is 4.90 Å². The fourth-order valence-corrected chi connectivity index (χ4v) is 1.90. The highest BCUT2D eigenvalue weighted by molar-refractivity contribution is 6.18. The Bertz CT molecular complexity index is 134. The second kappa shape index (κ2) is 4.78. The van der Waals surface area contributed by atoms with Crippen LogP contribution in [-0.4, -0.2) is 29.9 Å². The molecule has 1 aliphatic heterocycles. The minimum Gasteiger partial charge on any atom is -0.296 e. The quantitative estimate of drug-likeness (QED) is 0.468. The summed E-state index contributed by atoms with van der Waals surface area (Å²) >= 11 is 5.82. The second-order valence-electron chi connectivity index (χ2n) is 3.01. The van der Waals surface area contributed by atoms with Crippen molar-refractivity contribution in [3.05, 3.63) is 12.2 Å². The fraction of sp³-hybridized carbons (Fsp3) is 0.778. The smallest absolute Gasteiger partial charge is 0.0379 e. The first kappa shape index (κ1) is 9.08. The summed E-state index contributed by atoms with van der Waals surface area (Å²) in [5, 5.41) is 0. The molecule has 0 N–H and O–H groups in total. The predicted molar refractivity (Wildman–Crippen MR) is 50.1 cm³/mol. The summed E-state index contributed by atoms with van der Waals surface area (Å²) in [6, 6.07) is 0.632. The topological polar surface area (TPSA) is 3.24 Å². The van der Waals surface area contributed by atoms with Crippen molar-refractivity contribution in [1.29, 1.82) is 0 Å². The molecule has 0 aliphatic carbocycles. The Hall–Kier alpha value is -0.0100. The van der Waals surface area contributed by atoms with Crippen molar-refractivity contribution in [3.8, 4) is 0 Å². The van der Waals surface area contributed by atoms with Crippen LogP contribution in [0.5, 0.6) is 0 Å². The van der Waals surface area contributed by atoms with Gasteiger partial charge in [0.2, 0.25) is 0 Å². The Morgan fingerprint density at radius 3 is 3.09 bits per heavy atom. The molecule has 2 heteroatoms. The number of hydrogen-bond acceptors (Lipinski definition) is 1. The third kappa shape index (κ3) is 2.49. The summed E-state index contributed by atoms with van der Waals surface area (Å²) in [6.07, 6.45) is 6.89. The van der Waals surface area contributed by atoms with Crippen molar-refractivity contribution < 1.29 is 0 Å². The van der Waals surface area contributed by atoms with E-state index in [1.54, 1.807) is 0 Å². The number of allylic oxidation sites excluding steroid dienone is 1. The zero-order valence-electron chi connectivity index (χ0n) is 7.09. The molecule has 1 unspecified atom stereocenters. The lowest BCUT2D eigenvalue weighted by Crippen LogP contribution is -2.30. The molecular weight excluding hydrogens is 158 g/mol. The highest BCUT2D eigenvalue weighted by Crippen LogP contribution is 2.17. The van der Waals surface area contributed by atoms with Crippen molar-refractivity contribution in [2.45, 2.75) is 25.8 Å². The monoisotopic (exact) mass is 173 g/mol. The molecule has 0 aromatic heterocycles. The van der Waals surface area contributed by atoms with Gasteiger partial charge in [-0.05, 0) is 26.3 Å². The Labute approximate surface area is 74.0 Å². The Morgan fingerprint density at radius 2 is 2.45 bits per heavy atom. The lowest BCUT2D eigenvalue weighted by Gasteiger charge is -2.20. The van der Waals surface area contributed by atoms with Crippen LogP contribution in [0.1, 0.15) is 19.8 Å². The van der Waals surface area contributed by atoms with Crippen LogP contribution in [-0.2, 0) is 0 Å². The van der Waals surface area contributed by atoms with Gasteiger partial charge in [0.1, 0.15) is 0 Å². The van der Waals surface area contributed by atoms with Crippen LogP contribution in [0.3, 0.4) is 0 Å². The van der Waals surface area contributed by atoms with Gasteiger partial charge in [-0.1, -0.05) is 12.2 Å². The number of rotatable bonds is 3. The van der Waals surface area contributed by atoms with E-state index in [1.807, 2.05) is 0 Å². The Morgan fingerprint density at radius 1 is 1.64 bits per heavy atom. The van der Waals surface area contributed by atoms with E-state index in [-0.39, 0.29) is 0 Å². The Kier molecular flexibility index (Phi) is 3.95. The summed E-state index contributed by atoms with van der Waals surface area (Å²) in [5.74, 6) is 0.789. The molecule has 0 saturated carbocycles. The van der Waals surface area contributed by atoms with E-state index in [0.717, 1.165) is 12.4 Å². The average Bonchev–Trinajstić information content (AvgIpc) is 2.47. The molecular formula is C9H16ClN.